The molecule has 1 aromatic carbocycles. The minimum atomic E-state index is 1.02. The van der Waals surface area contributed by atoms with Gasteiger partial charge in [0.15, 0.2) is 0 Å². The Morgan fingerprint density at radius 1 is 1.23 bits per heavy atom. The molecule has 0 saturated heterocycles. The summed E-state index contributed by atoms with van der Waals surface area (Å²) in [5.41, 5.74) is 2.35. The van der Waals surface area contributed by atoms with Gasteiger partial charge in [-0.3, -0.25) is 0 Å². The highest BCUT2D eigenvalue weighted by atomic mass is 15.1. The van der Waals surface area contributed by atoms with Gasteiger partial charge in [0.25, 0.3) is 0 Å². The van der Waals surface area contributed by atoms with Gasteiger partial charge in [-0.1, -0.05) is 30.4 Å². The summed E-state index contributed by atoms with van der Waals surface area (Å²) in [7, 11) is 1.90. The number of rotatable bonds is 1. The van der Waals surface area contributed by atoms with Gasteiger partial charge in [0, 0.05) is 12.7 Å². The fourth-order valence-corrected chi connectivity index (χ4v) is 1.34. The van der Waals surface area contributed by atoms with Crippen LogP contribution in [0.3, 0.4) is 0 Å². The first-order chi connectivity index (χ1) is 6.40. The SMILES string of the molecule is CNC1=CC=Cc2ccccc2N1. The molecule has 0 fully saturated rings. The molecule has 1 aliphatic heterocycles. The third-order valence-electron chi connectivity index (χ3n) is 2.04. The van der Waals surface area contributed by atoms with Gasteiger partial charge in [0.1, 0.15) is 5.82 Å². The maximum atomic E-state index is 3.30. The van der Waals surface area contributed by atoms with Crippen molar-refractivity contribution in [3.05, 3.63) is 47.8 Å². The Kier molecular flexibility index (Phi) is 2.04. The van der Waals surface area contributed by atoms with E-state index in [1.165, 1.54) is 5.56 Å². The fourth-order valence-electron chi connectivity index (χ4n) is 1.34. The van der Waals surface area contributed by atoms with Crippen molar-refractivity contribution in [2.75, 3.05) is 12.4 Å². The summed E-state index contributed by atoms with van der Waals surface area (Å²) in [5.74, 6) is 1.02. The largest absolute Gasteiger partial charge is 0.375 e. The standard InChI is InChI=1S/C11H12N2/c1-12-11-8-4-6-9-5-2-3-7-10(9)13-11/h2-8,12-13H,1H3. The van der Waals surface area contributed by atoms with E-state index in [0.717, 1.165) is 11.5 Å². The van der Waals surface area contributed by atoms with Gasteiger partial charge in [-0.15, -0.1) is 0 Å². The van der Waals surface area contributed by atoms with E-state index in [-0.39, 0.29) is 0 Å². The van der Waals surface area contributed by atoms with Crippen molar-refractivity contribution < 1.29 is 0 Å². The monoisotopic (exact) mass is 172 g/mol. The number of fused-ring (bicyclic) bond motifs is 1. The average Bonchev–Trinajstić information content (AvgIpc) is 2.38. The number of para-hydroxylation sites is 1. The van der Waals surface area contributed by atoms with Crippen LogP contribution in [0.5, 0.6) is 0 Å². The van der Waals surface area contributed by atoms with Crippen molar-refractivity contribution in [1.82, 2.24) is 5.32 Å². The molecule has 0 unspecified atom stereocenters. The van der Waals surface area contributed by atoms with E-state index in [9.17, 15) is 0 Å². The highest BCUT2D eigenvalue weighted by molar-refractivity contribution is 5.70. The van der Waals surface area contributed by atoms with Crippen LogP contribution in [0, 0.1) is 0 Å². The minimum absolute atomic E-state index is 1.02. The quantitative estimate of drug-likeness (QED) is 0.678. The Hall–Kier alpha value is -1.70. The second-order valence-corrected chi connectivity index (χ2v) is 2.90. The summed E-state index contributed by atoms with van der Waals surface area (Å²) < 4.78 is 0. The molecular weight excluding hydrogens is 160 g/mol. The van der Waals surface area contributed by atoms with E-state index in [4.69, 9.17) is 0 Å². The van der Waals surface area contributed by atoms with E-state index < -0.39 is 0 Å². The van der Waals surface area contributed by atoms with E-state index in [1.807, 2.05) is 31.3 Å². The van der Waals surface area contributed by atoms with Crippen LogP contribution >= 0.6 is 0 Å². The molecule has 0 aliphatic carbocycles. The minimum Gasteiger partial charge on any atom is -0.375 e. The molecular formula is C11H12N2. The lowest BCUT2D eigenvalue weighted by molar-refractivity contribution is 0.998. The number of hydrogen-bond donors (Lipinski definition) is 2. The highest BCUT2D eigenvalue weighted by Crippen LogP contribution is 2.20. The van der Waals surface area contributed by atoms with E-state index >= 15 is 0 Å². The zero-order valence-corrected chi connectivity index (χ0v) is 7.54. The van der Waals surface area contributed by atoms with Crippen LogP contribution in [0.2, 0.25) is 0 Å². The highest BCUT2D eigenvalue weighted by Gasteiger charge is 2.01. The lowest BCUT2D eigenvalue weighted by Crippen LogP contribution is -2.14. The molecule has 2 rings (SSSR count). The van der Waals surface area contributed by atoms with Crippen LogP contribution in [-0.2, 0) is 0 Å². The molecule has 2 N–H and O–H groups in total. The Morgan fingerprint density at radius 2 is 2.08 bits per heavy atom. The molecule has 2 heteroatoms. The maximum Gasteiger partial charge on any atom is 0.103 e. The van der Waals surface area contributed by atoms with Crippen molar-refractivity contribution in [3.8, 4) is 0 Å². The molecule has 0 aromatic heterocycles. The van der Waals surface area contributed by atoms with Crippen LogP contribution < -0.4 is 10.6 Å². The molecule has 1 aliphatic rings. The van der Waals surface area contributed by atoms with Gasteiger partial charge in [-0.05, 0) is 17.7 Å². The first-order valence-electron chi connectivity index (χ1n) is 4.32. The molecule has 0 radical (unpaired) electrons. The molecule has 0 bridgehead atoms. The predicted molar refractivity (Wildman–Crippen MR) is 56.2 cm³/mol. The first-order valence-corrected chi connectivity index (χ1v) is 4.32. The summed E-state index contributed by atoms with van der Waals surface area (Å²) in [6.07, 6.45) is 6.14. The fraction of sp³-hybridized carbons (Fsp3) is 0.0909. The molecule has 1 heterocycles. The van der Waals surface area contributed by atoms with E-state index in [1.54, 1.807) is 0 Å². The second-order valence-electron chi connectivity index (χ2n) is 2.90. The number of anilines is 1. The molecule has 0 spiro atoms. The topological polar surface area (TPSA) is 24.1 Å². The van der Waals surface area contributed by atoms with E-state index in [0.29, 0.717) is 0 Å². The third-order valence-corrected chi connectivity index (χ3v) is 2.04. The molecule has 0 amide bonds. The lowest BCUT2D eigenvalue weighted by atomic mass is 10.2. The summed E-state index contributed by atoms with van der Waals surface area (Å²) in [6.45, 7) is 0. The molecule has 13 heavy (non-hydrogen) atoms. The number of nitrogens with one attached hydrogen (secondary N) is 2. The third kappa shape index (κ3) is 1.56. The molecule has 0 atom stereocenters. The molecule has 2 nitrogen and oxygen atoms in total. The maximum absolute atomic E-state index is 3.30. The van der Waals surface area contributed by atoms with Gasteiger partial charge in [-0.2, -0.15) is 0 Å². The summed E-state index contributed by atoms with van der Waals surface area (Å²) in [6, 6.07) is 8.22. The van der Waals surface area contributed by atoms with Crippen LogP contribution in [-0.4, -0.2) is 7.05 Å². The van der Waals surface area contributed by atoms with Gasteiger partial charge < -0.3 is 10.6 Å². The van der Waals surface area contributed by atoms with Gasteiger partial charge in [-0.25, -0.2) is 0 Å². The zero-order chi connectivity index (χ0) is 9.10. The number of benzene rings is 1. The van der Waals surface area contributed by atoms with Gasteiger partial charge in [0.05, 0.1) is 0 Å². The predicted octanol–water partition coefficient (Wildman–Crippen LogP) is 2.19. The van der Waals surface area contributed by atoms with Crippen molar-refractivity contribution in [3.63, 3.8) is 0 Å². The summed E-state index contributed by atoms with van der Waals surface area (Å²) >= 11 is 0. The summed E-state index contributed by atoms with van der Waals surface area (Å²) in [5, 5.41) is 6.38. The van der Waals surface area contributed by atoms with Crippen LogP contribution in [0.15, 0.2) is 42.2 Å². The van der Waals surface area contributed by atoms with Gasteiger partial charge in [0.2, 0.25) is 0 Å². The normalized spacial score (nSPS) is 13.8. The van der Waals surface area contributed by atoms with Crippen LogP contribution in [0.1, 0.15) is 5.56 Å². The Balaban J connectivity index is 2.40. The Labute approximate surface area is 78.0 Å². The van der Waals surface area contributed by atoms with Crippen molar-refractivity contribution in [2.45, 2.75) is 0 Å². The van der Waals surface area contributed by atoms with Gasteiger partial charge >= 0.3 is 0 Å². The average molecular weight is 172 g/mol. The molecule has 0 saturated carbocycles. The van der Waals surface area contributed by atoms with Crippen LogP contribution in [0.25, 0.3) is 6.08 Å². The van der Waals surface area contributed by atoms with Crippen molar-refractivity contribution in [2.24, 2.45) is 0 Å². The Bertz CT molecular complexity index is 364. The Morgan fingerprint density at radius 3 is 2.92 bits per heavy atom. The number of allylic oxidation sites excluding steroid dienone is 2. The zero-order valence-electron chi connectivity index (χ0n) is 7.54. The second kappa shape index (κ2) is 3.35. The summed E-state index contributed by atoms with van der Waals surface area (Å²) in [4.78, 5) is 0. The molecule has 1 aromatic rings. The van der Waals surface area contributed by atoms with E-state index in [2.05, 4.69) is 28.8 Å². The van der Waals surface area contributed by atoms with Crippen molar-refractivity contribution >= 4 is 11.8 Å². The molecule has 66 valence electrons. The van der Waals surface area contributed by atoms with Crippen molar-refractivity contribution in [1.29, 1.82) is 0 Å². The van der Waals surface area contributed by atoms with Crippen LogP contribution in [0.4, 0.5) is 5.69 Å². The lowest BCUT2D eigenvalue weighted by Gasteiger charge is -2.10. The first kappa shape index (κ1) is 7.92. The smallest absolute Gasteiger partial charge is 0.103 e. The number of hydrogen-bond acceptors (Lipinski definition) is 2.